The van der Waals surface area contributed by atoms with E-state index in [2.05, 4.69) is 4.74 Å². The fourth-order valence-electron chi connectivity index (χ4n) is 0.358. The van der Waals surface area contributed by atoms with Crippen LogP contribution in [-0.2, 0) is 20.6 Å². The van der Waals surface area contributed by atoms with Gasteiger partial charge in [-0.1, -0.05) is 6.92 Å². The number of esters is 1. The molecule has 0 heterocycles. The van der Waals surface area contributed by atoms with E-state index in [1.165, 1.54) is 0 Å². The average molecular weight is 166 g/mol. The van der Waals surface area contributed by atoms with Gasteiger partial charge >= 0.3 is 5.97 Å². The van der Waals surface area contributed by atoms with Gasteiger partial charge in [-0.15, -0.1) is 0 Å². The fraction of sp³-hybridized carbons (Fsp3) is 0.800. The molecule has 0 radical (unpaired) electrons. The summed E-state index contributed by atoms with van der Waals surface area (Å²) in [5.41, 5.74) is 0. The molecule has 60 valence electrons. The van der Waals surface area contributed by atoms with Gasteiger partial charge in [-0.2, -0.15) is 0 Å². The number of hydrogen-bond acceptors (Lipinski definition) is 3. The summed E-state index contributed by atoms with van der Waals surface area (Å²) in [6.45, 7) is 2.17. The molecule has 0 aromatic heterocycles. The molecule has 0 amide bonds. The van der Waals surface area contributed by atoms with Gasteiger partial charge in [0.2, 0.25) is 0 Å². The lowest BCUT2D eigenvalue weighted by Gasteiger charge is -1.98. The highest BCUT2D eigenvalue weighted by molar-refractivity contribution is 7.80. The molecule has 0 saturated carbocycles. The second-order valence-corrected chi connectivity index (χ2v) is 2.62. The van der Waals surface area contributed by atoms with Crippen LogP contribution < -0.4 is 0 Å². The van der Waals surface area contributed by atoms with Gasteiger partial charge in [-0.3, -0.25) is 4.79 Å². The zero-order chi connectivity index (χ0) is 7.98. The summed E-state index contributed by atoms with van der Waals surface area (Å²) in [7, 11) is 0. The summed E-state index contributed by atoms with van der Waals surface area (Å²) in [5, 5.41) is 0. The minimum Gasteiger partial charge on any atom is -0.465 e. The van der Waals surface area contributed by atoms with E-state index in [1.807, 2.05) is 6.92 Å². The van der Waals surface area contributed by atoms with E-state index in [1.54, 1.807) is 0 Å². The van der Waals surface area contributed by atoms with Gasteiger partial charge in [-0.25, -0.2) is 4.21 Å². The molecule has 0 saturated heterocycles. The molecule has 1 atom stereocenters. The van der Waals surface area contributed by atoms with E-state index in [0.29, 0.717) is 6.61 Å². The molecule has 0 aromatic carbocycles. The fourth-order valence-corrected chi connectivity index (χ4v) is 0.643. The monoisotopic (exact) mass is 166 g/mol. The number of carbonyl (C=O) groups excluding carboxylic acids is 1. The van der Waals surface area contributed by atoms with Crippen LogP contribution in [0.2, 0.25) is 0 Å². The highest BCUT2D eigenvalue weighted by atomic mass is 32.2. The van der Waals surface area contributed by atoms with E-state index >= 15 is 0 Å². The summed E-state index contributed by atoms with van der Waals surface area (Å²) in [4.78, 5) is 10.4. The molecular weight excluding hydrogens is 156 g/mol. The zero-order valence-electron chi connectivity index (χ0n) is 5.70. The molecule has 1 unspecified atom stereocenters. The van der Waals surface area contributed by atoms with Crippen molar-refractivity contribution in [1.82, 2.24) is 0 Å². The molecule has 10 heavy (non-hydrogen) atoms. The molecule has 0 spiro atoms. The van der Waals surface area contributed by atoms with Gasteiger partial charge in [0.15, 0.2) is 11.1 Å². The Kier molecular flexibility index (Phi) is 5.15. The second kappa shape index (κ2) is 5.37. The zero-order valence-corrected chi connectivity index (χ0v) is 6.52. The van der Waals surface area contributed by atoms with E-state index in [0.717, 1.165) is 6.42 Å². The third-order valence-electron chi connectivity index (χ3n) is 0.709. The highest BCUT2D eigenvalue weighted by Crippen LogP contribution is 1.84. The van der Waals surface area contributed by atoms with Gasteiger partial charge in [0.1, 0.15) is 5.75 Å². The third-order valence-corrected chi connectivity index (χ3v) is 1.19. The Morgan fingerprint density at radius 1 is 1.70 bits per heavy atom. The maximum atomic E-state index is 10.4. The SMILES string of the molecule is CCCOC(=O)CS(=O)O. The number of rotatable bonds is 4. The first-order valence-electron chi connectivity index (χ1n) is 2.90. The minimum absolute atomic E-state index is 0.316. The maximum Gasteiger partial charge on any atom is 0.320 e. The summed E-state index contributed by atoms with van der Waals surface area (Å²) >= 11 is -2.07. The van der Waals surface area contributed by atoms with E-state index < -0.39 is 22.8 Å². The first kappa shape index (κ1) is 9.58. The molecule has 5 heteroatoms. The second-order valence-electron chi connectivity index (χ2n) is 1.69. The third kappa shape index (κ3) is 5.71. The van der Waals surface area contributed by atoms with Gasteiger partial charge < -0.3 is 9.29 Å². The summed E-state index contributed by atoms with van der Waals surface area (Å²) in [5.74, 6) is -1.05. The number of hydrogen-bond donors (Lipinski definition) is 1. The summed E-state index contributed by atoms with van der Waals surface area (Å²) in [6.07, 6.45) is 0.726. The van der Waals surface area contributed by atoms with Crippen LogP contribution in [0.3, 0.4) is 0 Å². The van der Waals surface area contributed by atoms with Crippen molar-refractivity contribution in [2.24, 2.45) is 0 Å². The van der Waals surface area contributed by atoms with Crippen molar-refractivity contribution in [3.8, 4) is 0 Å². The van der Waals surface area contributed by atoms with Crippen LogP contribution >= 0.6 is 0 Å². The number of carbonyl (C=O) groups is 1. The van der Waals surface area contributed by atoms with Crippen LogP contribution in [0.15, 0.2) is 0 Å². The molecule has 0 aliphatic heterocycles. The van der Waals surface area contributed by atoms with Crippen molar-refractivity contribution in [3.63, 3.8) is 0 Å². The van der Waals surface area contributed by atoms with Crippen molar-refractivity contribution >= 4 is 17.0 Å². The highest BCUT2D eigenvalue weighted by Gasteiger charge is 2.04. The Morgan fingerprint density at radius 3 is 2.70 bits per heavy atom. The van der Waals surface area contributed by atoms with Crippen LogP contribution in [0, 0.1) is 0 Å². The van der Waals surface area contributed by atoms with Crippen LogP contribution in [0.4, 0.5) is 0 Å². The lowest BCUT2D eigenvalue weighted by molar-refractivity contribution is -0.140. The largest absolute Gasteiger partial charge is 0.465 e. The first-order chi connectivity index (χ1) is 4.66. The maximum absolute atomic E-state index is 10.4. The Labute approximate surface area is 61.9 Å². The smallest absolute Gasteiger partial charge is 0.320 e. The summed E-state index contributed by atoms with van der Waals surface area (Å²) < 4.78 is 22.7. The summed E-state index contributed by atoms with van der Waals surface area (Å²) in [6, 6.07) is 0. The first-order valence-corrected chi connectivity index (χ1v) is 4.17. The Morgan fingerprint density at radius 2 is 2.30 bits per heavy atom. The van der Waals surface area contributed by atoms with Crippen molar-refractivity contribution < 1.29 is 18.3 Å². The molecule has 0 bridgehead atoms. The van der Waals surface area contributed by atoms with Crippen LogP contribution in [-0.4, -0.2) is 27.1 Å². The molecular formula is C5H10O4S. The topological polar surface area (TPSA) is 63.6 Å². The quantitative estimate of drug-likeness (QED) is 0.477. The van der Waals surface area contributed by atoms with Crippen LogP contribution in [0.5, 0.6) is 0 Å². The predicted molar refractivity (Wildman–Crippen MR) is 36.9 cm³/mol. The standard InChI is InChI=1S/C5H10O4S/c1-2-3-9-5(6)4-10(7)8/h2-4H2,1H3,(H,7,8). The van der Waals surface area contributed by atoms with Crippen LogP contribution in [0.1, 0.15) is 13.3 Å². The van der Waals surface area contributed by atoms with E-state index in [-0.39, 0.29) is 0 Å². The normalized spacial score (nSPS) is 12.6. The molecule has 0 fully saturated rings. The molecule has 0 aliphatic rings. The van der Waals surface area contributed by atoms with Crippen molar-refractivity contribution in [3.05, 3.63) is 0 Å². The van der Waals surface area contributed by atoms with Gasteiger partial charge in [0.25, 0.3) is 0 Å². The lowest BCUT2D eigenvalue weighted by atomic mass is 10.5. The molecule has 0 aromatic rings. The lowest BCUT2D eigenvalue weighted by Crippen LogP contribution is -2.13. The number of ether oxygens (including phenoxy) is 1. The molecule has 4 nitrogen and oxygen atoms in total. The Bertz CT molecular complexity index is 134. The van der Waals surface area contributed by atoms with Gasteiger partial charge in [0, 0.05) is 0 Å². The Hall–Kier alpha value is -0.420. The van der Waals surface area contributed by atoms with Gasteiger partial charge in [-0.05, 0) is 6.42 Å². The predicted octanol–water partition coefficient (Wildman–Crippen LogP) is 0.161. The Balaban J connectivity index is 3.35. The van der Waals surface area contributed by atoms with E-state index in [4.69, 9.17) is 4.55 Å². The molecule has 1 N–H and O–H groups in total. The molecule has 0 aliphatic carbocycles. The van der Waals surface area contributed by atoms with Crippen molar-refractivity contribution in [1.29, 1.82) is 0 Å². The van der Waals surface area contributed by atoms with Crippen molar-refractivity contribution in [2.45, 2.75) is 13.3 Å². The minimum atomic E-state index is -2.07. The van der Waals surface area contributed by atoms with Gasteiger partial charge in [0.05, 0.1) is 6.61 Å². The average Bonchev–Trinajstić information content (AvgIpc) is 1.82. The van der Waals surface area contributed by atoms with Crippen molar-refractivity contribution in [2.75, 3.05) is 12.4 Å². The van der Waals surface area contributed by atoms with Crippen LogP contribution in [0.25, 0.3) is 0 Å². The van der Waals surface area contributed by atoms with E-state index in [9.17, 15) is 9.00 Å². The molecule has 0 rings (SSSR count).